The zero-order valence-corrected chi connectivity index (χ0v) is 19.5. The van der Waals surface area contributed by atoms with E-state index < -0.39 is 0 Å². The molecule has 1 saturated carbocycles. The standard InChI is InChI=1S/C25H27N3OS2/c1-3-15(12-26)21-11-20(17-9-7-16(8-10-17)18-13-29-14-18)22-23(27-2)25(31-24(22)28-21)30-19-5-4-6-19/h3,7-12,18-19,26-27H,4-6,13-14H2,1-2H3/b15-3+,26-12?. The van der Waals surface area contributed by atoms with Gasteiger partial charge in [-0.2, -0.15) is 0 Å². The summed E-state index contributed by atoms with van der Waals surface area (Å²) in [5.74, 6) is 0.522. The van der Waals surface area contributed by atoms with E-state index in [1.54, 1.807) is 11.3 Å². The van der Waals surface area contributed by atoms with Gasteiger partial charge in [0.25, 0.3) is 0 Å². The van der Waals surface area contributed by atoms with Crippen molar-refractivity contribution in [3.63, 3.8) is 0 Å². The highest BCUT2D eigenvalue weighted by Gasteiger charge is 2.25. The lowest BCUT2D eigenvalue weighted by molar-refractivity contribution is 0.00843. The fourth-order valence-corrected chi connectivity index (χ4v) is 7.04. The molecule has 5 rings (SSSR count). The van der Waals surface area contributed by atoms with Crippen LogP contribution in [0, 0.1) is 5.41 Å². The summed E-state index contributed by atoms with van der Waals surface area (Å²) >= 11 is 3.78. The minimum absolute atomic E-state index is 0.522. The number of thioether (sulfide) groups is 1. The molecular formula is C25H27N3OS2. The molecule has 2 aromatic heterocycles. The fraction of sp³-hybridized carbons (Fsp3) is 0.360. The second kappa shape index (κ2) is 8.77. The molecule has 0 atom stereocenters. The number of nitrogens with zero attached hydrogens (tertiary/aromatic N) is 1. The average Bonchev–Trinajstić information content (AvgIpc) is 3.07. The van der Waals surface area contributed by atoms with Gasteiger partial charge >= 0.3 is 0 Å². The summed E-state index contributed by atoms with van der Waals surface area (Å²) in [6.45, 7) is 3.61. The molecule has 6 heteroatoms. The summed E-state index contributed by atoms with van der Waals surface area (Å²) in [5, 5.41) is 13.2. The number of anilines is 1. The minimum atomic E-state index is 0.522. The number of aromatic nitrogens is 1. The van der Waals surface area contributed by atoms with Gasteiger partial charge in [0, 0.05) is 35.4 Å². The Balaban J connectivity index is 1.66. The molecule has 0 bridgehead atoms. The van der Waals surface area contributed by atoms with Crippen molar-refractivity contribution in [3.05, 3.63) is 47.7 Å². The van der Waals surface area contributed by atoms with Gasteiger partial charge in [-0.3, -0.25) is 0 Å². The van der Waals surface area contributed by atoms with Crippen LogP contribution in [0.25, 0.3) is 26.9 Å². The molecule has 2 aliphatic rings. The SMILES string of the molecule is C/C=C(\C=N)c1cc(-c2ccc(C3COC3)cc2)c2c(NC)c(SC3CCC3)sc2n1. The quantitative estimate of drug-likeness (QED) is 0.389. The first kappa shape index (κ1) is 20.7. The maximum absolute atomic E-state index is 7.83. The van der Waals surface area contributed by atoms with Gasteiger partial charge in [-0.1, -0.05) is 36.8 Å². The molecule has 3 aromatic rings. The predicted octanol–water partition coefficient (Wildman–Crippen LogP) is 6.82. The summed E-state index contributed by atoms with van der Waals surface area (Å²) in [6, 6.07) is 11.1. The van der Waals surface area contributed by atoms with E-state index in [4.69, 9.17) is 15.1 Å². The fourth-order valence-electron chi connectivity index (χ4n) is 4.07. The van der Waals surface area contributed by atoms with Gasteiger partial charge in [-0.15, -0.1) is 23.1 Å². The molecule has 2 fully saturated rings. The van der Waals surface area contributed by atoms with E-state index in [0.717, 1.165) is 34.6 Å². The molecule has 1 aliphatic heterocycles. The van der Waals surface area contributed by atoms with Gasteiger partial charge in [0.1, 0.15) is 4.83 Å². The molecular weight excluding hydrogens is 422 g/mol. The normalized spacial score (nSPS) is 17.4. The van der Waals surface area contributed by atoms with Crippen molar-refractivity contribution in [3.8, 4) is 11.1 Å². The number of hydrogen-bond acceptors (Lipinski definition) is 6. The molecule has 3 heterocycles. The van der Waals surface area contributed by atoms with Gasteiger partial charge in [-0.25, -0.2) is 4.98 Å². The van der Waals surface area contributed by atoms with Crippen LogP contribution in [0.5, 0.6) is 0 Å². The first-order valence-electron chi connectivity index (χ1n) is 10.9. The molecule has 0 amide bonds. The lowest BCUT2D eigenvalue weighted by Gasteiger charge is -2.26. The predicted molar refractivity (Wildman–Crippen MR) is 134 cm³/mol. The van der Waals surface area contributed by atoms with Gasteiger partial charge in [0.05, 0.1) is 28.8 Å². The third kappa shape index (κ3) is 3.81. The smallest absolute Gasteiger partial charge is 0.127 e. The Hall–Kier alpha value is -2.15. The number of ether oxygens (including phenoxy) is 1. The van der Waals surface area contributed by atoms with E-state index in [9.17, 15) is 0 Å². The van der Waals surface area contributed by atoms with Crippen LogP contribution in [0.3, 0.4) is 0 Å². The lowest BCUT2D eigenvalue weighted by atomic mass is 9.94. The molecule has 1 saturated heterocycles. The average molecular weight is 450 g/mol. The number of nitrogens with one attached hydrogen (secondary N) is 2. The monoisotopic (exact) mass is 449 g/mol. The number of thiophene rings is 1. The Morgan fingerprint density at radius 3 is 2.58 bits per heavy atom. The van der Waals surface area contributed by atoms with Crippen LogP contribution in [0.2, 0.25) is 0 Å². The number of rotatable bonds is 7. The second-order valence-corrected chi connectivity index (χ2v) is 10.7. The lowest BCUT2D eigenvalue weighted by Crippen LogP contribution is -2.24. The molecule has 0 unspecified atom stereocenters. The molecule has 160 valence electrons. The van der Waals surface area contributed by atoms with E-state index >= 15 is 0 Å². The molecule has 0 spiro atoms. The van der Waals surface area contributed by atoms with Crippen LogP contribution in [-0.2, 0) is 4.74 Å². The molecule has 31 heavy (non-hydrogen) atoms. The van der Waals surface area contributed by atoms with Crippen molar-refractivity contribution in [2.24, 2.45) is 0 Å². The number of fused-ring (bicyclic) bond motifs is 1. The van der Waals surface area contributed by atoms with Crippen LogP contribution >= 0.6 is 23.1 Å². The number of allylic oxidation sites excluding steroid dienone is 2. The summed E-state index contributed by atoms with van der Waals surface area (Å²) in [5.41, 5.74) is 6.61. The van der Waals surface area contributed by atoms with Crippen LogP contribution in [0.1, 0.15) is 43.4 Å². The summed E-state index contributed by atoms with van der Waals surface area (Å²) < 4.78 is 6.69. The van der Waals surface area contributed by atoms with Crippen molar-refractivity contribution >= 4 is 50.8 Å². The van der Waals surface area contributed by atoms with Crippen molar-refractivity contribution < 1.29 is 4.74 Å². The van der Waals surface area contributed by atoms with E-state index in [1.807, 2.05) is 31.8 Å². The highest BCUT2D eigenvalue weighted by Crippen LogP contribution is 2.49. The third-order valence-corrected chi connectivity index (χ3v) is 8.94. The summed E-state index contributed by atoms with van der Waals surface area (Å²) in [6.07, 6.45) is 7.30. The Kier molecular flexibility index (Phi) is 5.87. The van der Waals surface area contributed by atoms with E-state index in [0.29, 0.717) is 5.92 Å². The third-order valence-electron chi connectivity index (χ3n) is 6.30. The van der Waals surface area contributed by atoms with E-state index in [2.05, 4.69) is 35.6 Å². The number of hydrogen-bond donors (Lipinski definition) is 2. The molecule has 4 nitrogen and oxygen atoms in total. The number of pyridine rings is 1. The van der Waals surface area contributed by atoms with Crippen LogP contribution in [-0.4, -0.2) is 36.7 Å². The molecule has 1 aliphatic carbocycles. The summed E-state index contributed by atoms with van der Waals surface area (Å²) in [4.78, 5) is 6.02. The van der Waals surface area contributed by atoms with Crippen molar-refractivity contribution in [2.45, 2.75) is 41.6 Å². The van der Waals surface area contributed by atoms with Crippen LogP contribution in [0.4, 0.5) is 5.69 Å². The van der Waals surface area contributed by atoms with Crippen LogP contribution in [0.15, 0.2) is 40.6 Å². The van der Waals surface area contributed by atoms with Crippen molar-refractivity contribution in [2.75, 3.05) is 25.6 Å². The number of benzene rings is 1. The Bertz CT molecular complexity index is 1140. The van der Waals surface area contributed by atoms with Gasteiger partial charge in [0.15, 0.2) is 0 Å². The summed E-state index contributed by atoms with van der Waals surface area (Å²) in [7, 11) is 2.01. The molecule has 0 radical (unpaired) electrons. The van der Waals surface area contributed by atoms with Gasteiger partial charge in [0.2, 0.25) is 0 Å². The largest absolute Gasteiger partial charge is 0.386 e. The highest BCUT2D eigenvalue weighted by molar-refractivity contribution is 8.02. The maximum atomic E-state index is 7.83. The minimum Gasteiger partial charge on any atom is -0.386 e. The highest BCUT2D eigenvalue weighted by atomic mass is 32.2. The molecule has 1 aromatic carbocycles. The Morgan fingerprint density at radius 1 is 1.26 bits per heavy atom. The molecule has 2 N–H and O–H groups in total. The van der Waals surface area contributed by atoms with Gasteiger partial charge in [-0.05, 0) is 42.5 Å². The first-order valence-corrected chi connectivity index (χ1v) is 12.6. The zero-order valence-electron chi connectivity index (χ0n) is 17.9. The Labute approximate surface area is 191 Å². The van der Waals surface area contributed by atoms with E-state index in [1.165, 1.54) is 57.5 Å². The second-order valence-electron chi connectivity index (χ2n) is 8.17. The van der Waals surface area contributed by atoms with Crippen molar-refractivity contribution in [1.29, 1.82) is 5.41 Å². The maximum Gasteiger partial charge on any atom is 0.127 e. The zero-order chi connectivity index (χ0) is 21.4. The van der Waals surface area contributed by atoms with Gasteiger partial charge < -0.3 is 15.5 Å². The first-order chi connectivity index (χ1) is 15.2. The van der Waals surface area contributed by atoms with Crippen molar-refractivity contribution in [1.82, 2.24) is 4.98 Å². The Morgan fingerprint density at radius 2 is 2.03 bits per heavy atom. The van der Waals surface area contributed by atoms with Crippen LogP contribution < -0.4 is 5.32 Å². The topological polar surface area (TPSA) is 58.0 Å². The van der Waals surface area contributed by atoms with E-state index in [-0.39, 0.29) is 0 Å².